The number of nitrogens with zero attached hydrogens (tertiary/aromatic N) is 2. The van der Waals surface area contributed by atoms with Crippen LogP contribution >= 0.6 is 0 Å². The third-order valence-corrected chi connectivity index (χ3v) is 4.98. The minimum absolute atomic E-state index is 0.0930. The number of esters is 1. The van der Waals surface area contributed by atoms with E-state index < -0.39 is 18.0 Å². The number of aryl methyl sites for hydroxylation is 1. The summed E-state index contributed by atoms with van der Waals surface area (Å²) in [6.45, 7) is 3.31. The number of pyridine rings is 1. The smallest absolute Gasteiger partial charge is 0.326 e. The fourth-order valence-electron chi connectivity index (χ4n) is 3.53. The summed E-state index contributed by atoms with van der Waals surface area (Å²) in [5.41, 5.74) is 1.15. The van der Waals surface area contributed by atoms with Gasteiger partial charge in [-0.1, -0.05) is 36.3 Å². The first-order valence-electron chi connectivity index (χ1n) is 9.92. The maximum atomic E-state index is 12.8. The van der Waals surface area contributed by atoms with Gasteiger partial charge in [-0.05, 0) is 37.6 Å². The molecule has 0 radical (unpaired) electrons. The van der Waals surface area contributed by atoms with E-state index in [0.717, 1.165) is 0 Å². The van der Waals surface area contributed by atoms with Crippen LogP contribution in [0.3, 0.4) is 0 Å². The van der Waals surface area contributed by atoms with Gasteiger partial charge in [0.1, 0.15) is 12.3 Å². The summed E-state index contributed by atoms with van der Waals surface area (Å²) in [5.74, 6) is -0.261. The Bertz CT molecular complexity index is 1280. The van der Waals surface area contributed by atoms with Gasteiger partial charge in [0, 0.05) is 16.8 Å². The number of benzene rings is 2. The third kappa shape index (κ3) is 4.05. The van der Waals surface area contributed by atoms with Crippen molar-refractivity contribution in [2.24, 2.45) is 0 Å². The second-order valence-corrected chi connectivity index (χ2v) is 7.15. The van der Waals surface area contributed by atoms with Crippen molar-refractivity contribution in [1.82, 2.24) is 9.72 Å². The van der Waals surface area contributed by atoms with Crippen LogP contribution in [0.1, 0.15) is 19.1 Å². The van der Waals surface area contributed by atoms with Gasteiger partial charge in [0.15, 0.2) is 17.4 Å². The molecule has 31 heavy (non-hydrogen) atoms. The number of para-hydroxylation sites is 2. The molecule has 1 atom stereocenters. The number of aromatic nitrogens is 2. The van der Waals surface area contributed by atoms with Crippen molar-refractivity contribution in [1.29, 1.82) is 0 Å². The number of hydrogen-bond donors (Lipinski definition) is 1. The Hall–Kier alpha value is -3.94. The Labute approximate surface area is 177 Å². The van der Waals surface area contributed by atoms with E-state index in [-0.39, 0.29) is 17.8 Å². The lowest BCUT2D eigenvalue weighted by molar-refractivity contribution is -0.154. The molecule has 0 bridgehead atoms. The number of rotatable bonds is 6. The average molecular weight is 419 g/mol. The summed E-state index contributed by atoms with van der Waals surface area (Å²) in [4.78, 5) is 38.1. The molecule has 8 nitrogen and oxygen atoms in total. The topological polar surface area (TPSA) is 103 Å². The second kappa shape index (κ2) is 8.43. The Balaban J connectivity index is 1.61. The van der Waals surface area contributed by atoms with Gasteiger partial charge in [-0.2, -0.15) is 0 Å². The Morgan fingerprint density at radius 3 is 2.26 bits per heavy atom. The molecule has 0 aliphatic rings. The van der Waals surface area contributed by atoms with Gasteiger partial charge >= 0.3 is 5.97 Å². The van der Waals surface area contributed by atoms with Crippen molar-refractivity contribution in [3.05, 3.63) is 70.6 Å². The molecule has 1 unspecified atom stereocenters. The highest BCUT2D eigenvalue weighted by Gasteiger charge is 2.23. The van der Waals surface area contributed by atoms with Gasteiger partial charge in [0.25, 0.3) is 5.91 Å². The molecule has 1 N–H and O–H groups in total. The largest absolute Gasteiger partial charge is 0.451 e. The highest BCUT2D eigenvalue weighted by molar-refractivity contribution is 5.96. The summed E-state index contributed by atoms with van der Waals surface area (Å²) in [5, 5.41) is 7.32. The lowest BCUT2D eigenvalue weighted by atomic mass is 10.1. The normalized spacial score (nSPS) is 12.1. The molecule has 1 amide bonds. The third-order valence-electron chi connectivity index (χ3n) is 4.98. The zero-order valence-corrected chi connectivity index (χ0v) is 17.1. The molecule has 2 heterocycles. The molecular weight excluding hydrogens is 398 g/mol. The minimum atomic E-state index is -0.985. The fourth-order valence-corrected chi connectivity index (χ4v) is 3.53. The summed E-state index contributed by atoms with van der Waals surface area (Å²) >= 11 is 0. The number of anilines is 1. The Morgan fingerprint density at radius 1 is 1.10 bits per heavy atom. The van der Waals surface area contributed by atoms with Crippen molar-refractivity contribution in [2.75, 3.05) is 5.32 Å². The SMILES string of the molecule is CCC(OC(=O)Cn1c2ccccc2c(=O)c2ccccc21)C(=O)Nc1cc(C)on1. The lowest BCUT2D eigenvalue weighted by Crippen LogP contribution is -2.33. The molecule has 0 aliphatic carbocycles. The first kappa shape index (κ1) is 20.3. The first-order valence-corrected chi connectivity index (χ1v) is 9.92. The number of carbonyl (C=O) groups excluding carboxylic acids is 2. The van der Waals surface area contributed by atoms with Crippen LogP contribution in [-0.2, 0) is 20.9 Å². The van der Waals surface area contributed by atoms with Gasteiger partial charge in [-0.3, -0.25) is 14.4 Å². The van der Waals surface area contributed by atoms with Crippen LogP contribution in [-0.4, -0.2) is 27.7 Å². The Morgan fingerprint density at radius 2 is 1.71 bits per heavy atom. The number of nitrogens with one attached hydrogen (secondary N) is 1. The van der Waals surface area contributed by atoms with Gasteiger partial charge in [-0.15, -0.1) is 0 Å². The van der Waals surface area contributed by atoms with E-state index >= 15 is 0 Å². The quantitative estimate of drug-likeness (QED) is 0.379. The number of fused-ring (bicyclic) bond motifs is 2. The second-order valence-electron chi connectivity index (χ2n) is 7.15. The van der Waals surface area contributed by atoms with E-state index in [9.17, 15) is 14.4 Å². The molecule has 4 rings (SSSR count). The summed E-state index contributed by atoms with van der Waals surface area (Å²) < 4.78 is 12.1. The predicted molar refractivity (Wildman–Crippen MR) is 116 cm³/mol. The van der Waals surface area contributed by atoms with E-state index in [1.165, 1.54) is 0 Å². The first-order chi connectivity index (χ1) is 15.0. The van der Waals surface area contributed by atoms with Crippen LogP contribution in [0.2, 0.25) is 0 Å². The molecule has 8 heteroatoms. The van der Waals surface area contributed by atoms with Crippen LogP contribution < -0.4 is 10.7 Å². The number of amides is 1. The molecule has 4 aromatic rings. The van der Waals surface area contributed by atoms with Crippen molar-refractivity contribution < 1.29 is 18.8 Å². The van der Waals surface area contributed by atoms with Crippen LogP contribution in [0.5, 0.6) is 0 Å². The van der Waals surface area contributed by atoms with Crippen molar-refractivity contribution in [2.45, 2.75) is 32.9 Å². The maximum absolute atomic E-state index is 12.8. The molecule has 158 valence electrons. The zero-order chi connectivity index (χ0) is 22.0. The lowest BCUT2D eigenvalue weighted by Gasteiger charge is -2.18. The molecule has 2 aromatic heterocycles. The number of ether oxygens (including phenoxy) is 1. The minimum Gasteiger partial charge on any atom is -0.451 e. The molecule has 0 saturated heterocycles. The van der Waals surface area contributed by atoms with Gasteiger partial charge < -0.3 is 19.1 Å². The van der Waals surface area contributed by atoms with Crippen LogP contribution in [0.25, 0.3) is 21.8 Å². The summed E-state index contributed by atoms with van der Waals surface area (Å²) in [7, 11) is 0. The van der Waals surface area contributed by atoms with E-state index in [1.807, 2.05) is 0 Å². The maximum Gasteiger partial charge on any atom is 0.326 e. The molecule has 0 saturated carbocycles. The Kier molecular flexibility index (Phi) is 5.53. The zero-order valence-electron chi connectivity index (χ0n) is 17.1. The predicted octanol–water partition coefficient (Wildman–Crippen LogP) is 3.41. The van der Waals surface area contributed by atoms with E-state index in [0.29, 0.717) is 34.0 Å². The van der Waals surface area contributed by atoms with Crippen molar-refractivity contribution in [3.8, 4) is 0 Å². The molecule has 0 fully saturated rings. The van der Waals surface area contributed by atoms with Crippen LogP contribution in [0, 0.1) is 6.92 Å². The van der Waals surface area contributed by atoms with Gasteiger partial charge in [0.05, 0.1) is 11.0 Å². The summed E-state index contributed by atoms with van der Waals surface area (Å²) in [6.07, 6.45) is -0.693. The average Bonchev–Trinajstić information content (AvgIpc) is 3.19. The molecular formula is C23H21N3O5. The van der Waals surface area contributed by atoms with Crippen molar-refractivity contribution in [3.63, 3.8) is 0 Å². The van der Waals surface area contributed by atoms with E-state index in [1.54, 1.807) is 73.0 Å². The standard InChI is InChI=1S/C23H21N3O5/c1-3-19(23(29)24-20-12-14(2)31-25-20)30-21(27)13-26-17-10-6-4-8-15(17)22(28)16-9-5-7-11-18(16)26/h4-12,19H,3,13H2,1-2H3,(H,24,25,29). The van der Waals surface area contributed by atoms with E-state index in [2.05, 4.69) is 10.5 Å². The highest BCUT2D eigenvalue weighted by atomic mass is 16.5. The van der Waals surface area contributed by atoms with Gasteiger partial charge in [0.2, 0.25) is 0 Å². The molecule has 2 aromatic carbocycles. The van der Waals surface area contributed by atoms with Gasteiger partial charge in [-0.25, -0.2) is 0 Å². The van der Waals surface area contributed by atoms with Crippen molar-refractivity contribution >= 4 is 39.5 Å². The fraction of sp³-hybridized carbons (Fsp3) is 0.217. The number of hydrogen-bond acceptors (Lipinski definition) is 6. The molecule has 0 aliphatic heterocycles. The van der Waals surface area contributed by atoms with Crippen LogP contribution in [0.4, 0.5) is 5.82 Å². The van der Waals surface area contributed by atoms with Crippen LogP contribution in [0.15, 0.2) is 63.9 Å². The molecule has 0 spiro atoms. The highest BCUT2D eigenvalue weighted by Crippen LogP contribution is 2.19. The van der Waals surface area contributed by atoms with E-state index in [4.69, 9.17) is 9.26 Å². The monoisotopic (exact) mass is 419 g/mol. The summed E-state index contributed by atoms with van der Waals surface area (Å²) in [6, 6.07) is 15.8. The number of carbonyl (C=O) groups is 2.